The van der Waals surface area contributed by atoms with Crippen molar-refractivity contribution in [1.82, 2.24) is 9.38 Å². The zero-order valence-corrected chi connectivity index (χ0v) is 18.1. The fourth-order valence-corrected chi connectivity index (χ4v) is 3.49. The highest BCUT2D eigenvalue weighted by atomic mass is 16.6. The first-order chi connectivity index (χ1) is 16.0. The van der Waals surface area contributed by atoms with Crippen LogP contribution in [0.3, 0.4) is 0 Å². The van der Waals surface area contributed by atoms with Gasteiger partial charge in [0, 0.05) is 29.7 Å². The molecule has 168 valence electrons. The Morgan fingerprint density at radius 1 is 1.03 bits per heavy atom. The van der Waals surface area contributed by atoms with Gasteiger partial charge in [-0.2, -0.15) is 0 Å². The molecule has 0 aliphatic heterocycles. The van der Waals surface area contributed by atoms with Gasteiger partial charge < -0.3 is 23.9 Å². The maximum absolute atomic E-state index is 13.0. The number of carbonyl (C=O) groups is 1. The number of amides is 1. The zero-order chi connectivity index (χ0) is 23.5. The van der Waals surface area contributed by atoms with Gasteiger partial charge in [-0.1, -0.05) is 18.2 Å². The molecule has 0 saturated carbocycles. The molecule has 10 heteroatoms. The summed E-state index contributed by atoms with van der Waals surface area (Å²) in [5.74, 6) is -0.733. The predicted molar refractivity (Wildman–Crippen MR) is 121 cm³/mol. The highest BCUT2D eigenvalue weighted by Crippen LogP contribution is 2.46. The molecule has 10 nitrogen and oxygen atoms in total. The molecule has 0 fully saturated rings. The van der Waals surface area contributed by atoms with E-state index >= 15 is 0 Å². The number of aromatic nitrogens is 2. The second kappa shape index (κ2) is 8.87. The molecule has 2 heterocycles. The first-order valence-electron chi connectivity index (χ1n) is 9.79. The average Bonchev–Trinajstić information content (AvgIpc) is 3.27. The molecular weight excluding hydrogens is 428 g/mol. The van der Waals surface area contributed by atoms with Crippen LogP contribution in [0.1, 0.15) is 10.4 Å². The first-order valence-corrected chi connectivity index (χ1v) is 9.79. The van der Waals surface area contributed by atoms with E-state index in [1.54, 1.807) is 24.3 Å². The number of nitro groups is 1. The summed E-state index contributed by atoms with van der Waals surface area (Å²) in [5.41, 5.74) is 2.16. The number of hydrogen-bond acceptors (Lipinski definition) is 7. The summed E-state index contributed by atoms with van der Waals surface area (Å²) in [4.78, 5) is 28.6. The third-order valence-electron chi connectivity index (χ3n) is 5.03. The minimum atomic E-state index is -0.693. The van der Waals surface area contributed by atoms with E-state index in [1.165, 1.54) is 27.4 Å². The van der Waals surface area contributed by atoms with Gasteiger partial charge in [0.15, 0.2) is 5.75 Å². The van der Waals surface area contributed by atoms with Crippen LogP contribution in [0.4, 0.5) is 11.4 Å². The summed E-state index contributed by atoms with van der Waals surface area (Å²) in [6.45, 7) is 0. The van der Waals surface area contributed by atoms with Crippen LogP contribution in [-0.4, -0.2) is 41.5 Å². The third-order valence-corrected chi connectivity index (χ3v) is 5.03. The van der Waals surface area contributed by atoms with Gasteiger partial charge in [0.05, 0.1) is 31.9 Å². The fourth-order valence-electron chi connectivity index (χ4n) is 3.49. The Hall–Kier alpha value is -4.60. The highest BCUT2D eigenvalue weighted by molar-refractivity contribution is 6.08. The molecule has 0 saturated heterocycles. The molecule has 1 amide bonds. The number of ether oxygens (including phenoxy) is 3. The minimum Gasteiger partial charge on any atom is -0.493 e. The number of methoxy groups -OCH3 is 3. The number of nitrogens with one attached hydrogen (secondary N) is 1. The molecule has 0 unspecified atom stereocenters. The summed E-state index contributed by atoms with van der Waals surface area (Å²) in [5, 5.41) is 14.4. The Kier molecular flexibility index (Phi) is 5.81. The van der Waals surface area contributed by atoms with Gasteiger partial charge in [0.25, 0.3) is 5.91 Å². The predicted octanol–water partition coefficient (Wildman–Crippen LogP) is 4.19. The molecule has 0 bridgehead atoms. The maximum Gasteiger partial charge on any atom is 0.327 e. The van der Waals surface area contributed by atoms with Gasteiger partial charge in [-0.3, -0.25) is 14.9 Å². The molecule has 0 aliphatic carbocycles. The van der Waals surface area contributed by atoms with E-state index in [2.05, 4.69) is 10.3 Å². The third kappa shape index (κ3) is 4.01. The standard InChI is InChI=1S/C23H20N4O6/c1-31-18-12-16(20(27(29)30)22(33-3)21(18)32-2)23(28)24-15-9-7-14(8-10-15)17-13-26-11-5-4-6-19(26)25-17/h4-13H,1-3H3,(H,24,28). The number of anilines is 1. The number of hydrogen-bond donors (Lipinski definition) is 1. The summed E-state index contributed by atoms with van der Waals surface area (Å²) in [6, 6.07) is 14.0. The Morgan fingerprint density at radius 2 is 1.76 bits per heavy atom. The number of benzene rings is 2. The van der Waals surface area contributed by atoms with Crippen LogP contribution in [0.2, 0.25) is 0 Å². The molecule has 1 N–H and O–H groups in total. The lowest BCUT2D eigenvalue weighted by Crippen LogP contribution is -2.15. The van der Waals surface area contributed by atoms with Crippen LogP contribution in [0.15, 0.2) is 60.9 Å². The van der Waals surface area contributed by atoms with Crippen LogP contribution < -0.4 is 19.5 Å². The van der Waals surface area contributed by atoms with Crippen molar-refractivity contribution in [3.8, 4) is 28.5 Å². The van der Waals surface area contributed by atoms with E-state index in [9.17, 15) is 14.9 Å². The number of nitrogens with zero attached hydrogens (tertiary/aromatic N) is 3. The number of pyridine rings is 1. The summed E-state index contributed by atoms with van der Waals surface area (Å²) >= 11 is 0. The second-order valence-corrected chi connectivity index (χ2v) is 6.92. The Labute approximate surface area is 188 Å². The number of fused-ring (bicyclic) bond motifs is 1. The molecule has 2 aromatic carbocycles. The monoisotopic (exact) mass is 448 g/mol. The van der Waals surface area contributed by atoms with Crippen molar-refractivity contribution in [1.29, 1.82) is 0 Å². The summed E-state index contributed by atoms with van der Waals surface area (Å²) in [6.07, 6.45) is 3.81. The average molecular weight is 448 g/mol. The molecule has 4 aromatic rings. The molecule has 2 aromatic heterocycles. The van der Waals surface area contributed by atoms with Crippen LogP contribution in [0.5, 0.6) is 17.2 Å². The summed E-state index contributed by atoms with van der Waals surface area (Å²) in [7, 11) is 3.95. The molecular formula is C23H20N4O6. The number of rotatable bonds is 7. The Balaban J connectivity index is 1.64. The molecule has 0 radical (unpaired) electrons. The molecule has 33 heavy (non-hydrogen) atoms. The SMILES string of the molecule is COc1cc(C(=O)Nc2ccc(-c3cn4ccccc4n3)cc2)c([N+](=O)[O-])c(OC)c1OC. The van der Waals surface area contributed by atoms with Gasteiger partial charge in [-0.05, 0) is 24.3 Å². The molecule has 0 aliphatic rings. The second-order valence-electron chi connectivity index (χ2n) is 6.92. The van der Waals surface area contributed by atoms with Crippen molar-refractivity contribution >= 4 is 22.9 Å². The van der Waals surface area contributed by atoms with Crippen molar-refractivity contribution in [2.45, 2.75) is 0 Å². The quantitative estimate of drug-likeness (QED) is 0.333. The lowest BCUT2D eigenvalue weighted by Gasteiger charge is -2.15. The van der Waals surface area contributed by atoms with E-state index in [-0.39, 0.29) is 22.8 Å². The van der Waals surface area contributed by atoms with Crippen LogP contribution in [0.25, 0.3) is 16.9 Å². The van der Waals surface area contributed by atoms with Gasteiger partial charge in [0.2, 0.25) is 11.5 Å². The topological polar surface area (TPSA) is 117 Å². The van der Waals surface area contributed by atoms with Crippen molar-refractivity contribution in [3.05, 3.63) is 76.6 Å². The van der Waals surface area contributed by atoms with Crippen molar-refractivity contribution < 1.29 is 23.9 Å². The number of nitro benzene ring substituents is 1. The fraction of sp³-hybridized carbons (Fsp3) is 0.130. The smallest absolute Gasteiger partial charge is 0.327 e. The van der Waals surface area contributed by atoms with Gasteiger partial charge >= 0.3 is 5.69 Å². The lowest BCUT2D eigenvalue weighted by atomic mass is 10.1. The lowest BCUT2D eigenvalue weighted by molar-refractivity contribution is -0.386. The van der Waals surface area contributed by atoms with Crippen LogP contribution >= 0.6 is 0 Å². The van der Waals surface area contributed by atoms with Crippen molar-refractivity contribution in [3.63, 3.8) is 0 Å². The molecule has 0 atom stereocenters. The van der Waals surface area contributed by atoms with Gasteiger partial charge in [-0.25, -0.2) is 4.98 Å². The Bertz CT molecular complexity index is 1310. The van der Waals surface area contributed by atoms with Gasteiger partial charge in [0.1, 0.15) is 11.2 Å². The highest BCUT2D eigenvalue weighted by Gasteiger charge is 2.32. The van der Waals surface area contributed by atoms with E-state index in [4.69, 9.17) is 14.2 Å². The summed E-state index contributed by atoms with van der Waals surface area (Å²) < 4.78 is 17.5. The maximum atomic E-state index is 13.0. The largest absolute Gasteiger partial charge is 0.493 e. The van der Waals surface area contributed by atoms with Crippen LogP contribution in [0, 0.1) is 10.1 Å². The first kappa shape index (κ1) is 21.6. The molecule has 0 spiro atoms. The Morgan fingerprint density at radius 3 is 2.36 bits per heavy atom. The van der Waals surface area contributed by atoms with Gasteiger partial charge in [-0.15, -0.1) is 0 Å². The van der Waals surface area contributed by atoms with E-state index in [0.29, 0.717) is 5.69 Å². The minimum absolute atomic E-state index is 0.0278. The number of carbonyl (C=O) groups excluding carboxylic acids is 1. The number of imidazole rings is 1. The zero-order valence-electron chi connectivity index (χ0n) is 18.1. The van der Waals surface area contributed by atoms with Crippen molar-refractivity contribution in [2.24, 2.45) is 0 Å². The van der Waals surface area contributed by atoms with E-state index in [0.717, 1.165) is 16.9 Å². The van der Waals surface area contributed by atoms with Crippen molar-refractivity contribution in [2.75, 3.05) is 26.6 Å². The van der Waals surface area contributed by atoms with E-state index < -0.39 is 16.5 Å². The normalized spacial score (nSPS) is 10.6. The van der Waals surface area contributed by atoms with Crippen LogP contribution in [-0.2, 0) is 0 Å². The molecule has 4 rings (SSSR count). The van der Waals surface area contributed by atoms with E-state index in [1.807, 2.05) is 35.0 Å².